The van der Waals surface area contributed by atoms with Gasteiger partial charge in [0.15, 0.2) is 5.03 Å². The van der Waals surface area contributed by atoms with Gasteiger partial charge in [-0.1, -0.05) is 18.2 Å². The molecule has 0 bridgehead atoms. The molecular formula is C22H26N6O3S. The van der Waals surface area contributed by atoms with Crippen LogP contribution in [-0.2, 0) is 34.8 Å². The zero-order valence-corrected chi connectivity index (χ0v) is 18.7. The number of hydrogen-bond acceptors (Lipinski definition) is 5. The van der Waals surface area contributed by atoms with Gasteiger partial charge in [0.25, 0.3) is 10.0 Å². The largest absolute Gasteiger partial charge is 0.356 e. The fourth-order valence-electron chi connectivity index (χ4n) is 3.68. The van der Waals surface area contributed by atoms with Crippen molar-refractivity contribution < 1.29 is 13.2 Å². The highest BCUT2D eigenvalue weighted by Crippen LogP contribution is 2.26. The summed E-state index contributed by atoms with van der Waals surface area (Å²) in [5, 5.41) is 3.81. The molecule has 3 heterocycles. The van der Waals surface area contributed by atoms with Crippen LogP contribution in [0, 0.1) is 0 Å². The van der Waals surface area contributed by atoms with Gasteiger partial charge in [-0.3, -0.25) is 4.79 Å². The van der Waals surface area contributed by atoms with E-state index in [2.05, 4.69) is 15.3 Å². The van der Waals surface area contributed by atoms with E-state index < -0.39 is 10.0 Å². The van der Waals surface area contributed by atoms with Crippen LogP contribution >= 0.6 is 0 Å². The maximum Gasteiger partial charge on any atom is 0.287 e. The fourth-order valence-corrected chi connectivity index (χ4v) is 5.04. The summed E-state index contributed by atoms with van der Waals surface area (Å²) in [6.07, 6.45) is 12.4. The van der Waals surface area contributed by atoms with E-state index >= 15 is 0 Å². The molecule has 1 N–H and O–H groups in total. The number of carbonyl (C=O) groups excluding carboxylic acids is 1. The highest BCUT2D eigenvalue weighted by atomic mass is 32.2. The van der Waals surface area contributed by atoms with E-state index in [4.69, 9.17) is 0 Å². The second-order valence-electron chi connectivity index (χ2n) is 7.71. The van der Waals surface area contributed by atoms with Crippen LogP contribution in [0.3, 0.4) is 0 Å². The summed E-state index contributed by atoms with van der Waals surface area (Å²) in [5.41, 5.74) is 1.50. The van der Waals surface area contributed by atoms with Crippen LogP contribution in [0.25, 0.3) is 10.9 Å². The Balaban J connectivity index is 1.38. The molecule has 0 aliphatic heterocycles. The van der Waals surface area contributed by atoms with Crippen molar-refractivity contribution in [2.45, 2.75) is 37.3 Å². The number of aromatic nitrogens is 5. The van der Waals surface area contributed by atoms with Crippen LogP contribution in [0.5, 0.6) is 0 Å². The van der Waals surface area contributed by atoms with Crippen molar-refractivity contribution >= 4 is 26.8 Å². The third-order valence-corrected chi connectivity index (χ3v) is 6.85. The number of benzene rings is 1. The average molecular weight is 455 g/mol. The fraction of sp³-hybridized carbons (Fsp3) is 0.318. The van der Waals surface area contributed by atoms with Crippen LogP contribution in [-0.4, -0.2) is 43.9 Å². The Hall–Kier alpha value is -3.40. The standard InChI is InChI=1S/C22H26N6O3S/c1-26-15-22(25-17-26)32(30,31)28-14-18(19-7-2-3-8-20(19)28)6-4-9-21(29)24-10-5-12-27-13-11-23-16-27/h2-3,7-8,11,13-17H,4-6,9-10,12H2,1H3,(H,24,29). The van der Waals surface area contributed by atoms with Gasteiger partial charge in [-0.2, -0.15) is 8.42 Å². The minimum Gasteiger partial charge on any atom is -0.356 e. The number of carbonyl (C=O) groups is 1. The molecule has 1 aromatic carbocycles. The zero-order valence-electron chi connectivity index (χ0n) is 17.9. The summed E-state index contributed by atoms with van der Waals surface area (Å²) in [4.78, 5) is 20.2. The molecule has 1 amide bonds. The van der Waals surface area contributed by atoms with Crippen LogP contribution in [0.4, 0.5) is 0 Å². The minimum atomic E-state index is -3.80. The number of para-hydroxylation sites is 1. The molecule has 0 saturated carbocycles. The Kier molecular flexibility index (Phi) is 6.40. The maximum atomic E-state index is 13.1. The van der Waals surface area contributed by atoms with Crippen LogP contribution in [0.15, 0.2) is 66.7 Å². The van der Waals surface area contributed by atoms with Crippen molar-refractivity contribution in [2.24, 2.45) is 7.05 Å². The molecule has 0 spiro atoms. The van der Waals surface area contributed by atoms with Crippen molar-refractivity contribution in [3.63, 3.8) is 0 Å². The van der Waals surface area contributed by atoms with E-state index in [1.54, 1.807) is 36.4 Å². The predicted molar refractivity (Wildman–Crippen MR) is 121 cm³/mol. The van der Waals surface area contributed by atoms with Gasteiger partial charge in [-0.25, -0.2) is 13.9 Å². The molecule has 0 aliphatic carbocycles. The first kappa shape index (κ1) is 21.8. The molecule has 4 aromatic rings. The van der Waals surface area contributed by atoms with Gasteiger partial charge in [0.1, 0.15) is 0 Å². The van der Waals surface area contributed by atoms with Crippen LogP contribution in [0.1, 0.15) is 24.8 Å². The molecule has 32 heavy (non-hydrogen) atoms. The van der Waals surface area contributed by atoms with Crippen molar-refractivity contribution in [1.82, 2.24) is 28.4 Å². The molecule has 9 nitrogen and oxygen atoms in total. The van der Waals surface area contributed by atoms with E-state index in [0.29, 0.717) is 31.3 Å². The summed E-state index contributed by atoms with van der Waals surface area (Å²) in [6.45, 7) is 1.42. The number of hydrogen-bond donors (Lipinski definition) is 1. The van der Waals surface area contributed by atoms with Crippen LogP contribution in [0.2, 0.25) is 0 Å². The summed E-state index contributed by atoms with van der Waals surface area (Å²) >= 11 is 0. The number of fused-ring (bicyclic) bond motifs is 1. The number of imidazole rings is 2. The van der Waals surface area contributed by atoms with Gasteiger partial charge in [0.05, 0.1) is 18.2 Å². The Bertz CT molecular complexity index is 1300. The van der Waals surface area contributed by atoms with E-state index in [1.165, 1.54) is 16.5 Å². The average Bonchev–Trinajstić information content (AvgIpc) is 3.52. The SMILES string of the molecule is Cn1cnc(S(=O)(=O)n2cc(CCCC(=O)NCCCn3ccnc3)c3ccccc32)c1. The Morgan fingerprint density at radius 3 is 2.72 bits per heavy atom. The lowest BCUT2D eigenvalue weighted by atomic mass is 10.1. The third-order valence-electron chi connectivity index (χ3n) is 5.29. The van der Waals surface area contributed by atoms with Gasteiger partial charge in [0.2, 0.25) is 5.91 Å². The molecule has 0 aliphatic rings. The van der Waals surface area contributed by atoms with Gasteiger partial charge < -0.3 is 14.5 Å². The summed E-state index contributed by atoms with van der Waals surface area (Å²) in [6, 6.07) is 7.39. The summed E-state index contributed by atoms with van der Waals surface area (Å²) in [5.74, 6) is 0.000441. The minimum absolute atomic E-state index is 0.000441. The number of nitrogens with one attached hydrogen (secondary N) is 1. The Labute approximate surface area is 186 Å². The second-order valence-corrected chi connectivity index (χ2v) is 9.47. The van der Waals surface area contributed by atoms with Crippen molar-refractivity contribution in [1.29, 1.82) is 0 Å². The zero-order chi connectivity index (χ0) is 22.6. The molecule has 3 aromatic heterocycles. The quantitative estimate of drug-likeness (QED) is 0.371. The molecule has 0 fully saturated rings. The van der Waals surface area contributed by atoms with Crippen molar-refractivity contribution in [3.05, 3.63) is 67.3 Å². The molecular weight excluding hydrogens is 428 g/mol. The lowest BCUT2D eigenvalue weighted by Gasteiger charge is -2.06. The monoisotopic (exact) mass is 454 g/mol. The molecule has 0 atom stereocenters. The highest BCUT2D eigenvalue weighted by molar-refractivity contribution is 7.90. The first-order valence-electron chi connectivity index (χ1n) is 10.5. The topological polar surface area (TPSA) is 104 Å². The number of nitrogens with zero attached hydrogens (tertiary/aromatic N) is 5. The molecule has 4 rings (SSSR count). The van der Waals surface area contributed by atoms with Crippen molar-refractivity contribution in [3.8, 4) is 0 Å². The maximum absolute atomic E-state index is 13.1. The lowest BCUT2D eigenvalue weighted by molar-refractivity contribution is -0.121. The van der Waals surface area contributed by atoms with Crippen LogP contribution < -0.4 is 5.32 Å². The lowest BCUT2D eigenvalue weighted by Crippen LogP contribution is -2.24. The molecule has 0 unspecified atom stereocenters. The first-order valence-corrected chi connectivity index (χ1v) is 11.9. The van der Waals surface area contributed by atoms with E-state index in [-0.39, 0.29) is 10.9 Å². The first-order chi connectivity index (χ1) is 15.4. The predicted octanol–water partition coefficient (Wildman–Crippen LogP) is 2.34. The number of aryl methyl sites for hydroxylation is 3. The van der Waals surface area contributed by atoms with Gasteiger partial charge >= 0.3 is 0 Å². The molecule has 0 saturated heterocycles. The number of rotatable bonds is 10. The molecule has 168 valence electrons. The highest BCUT2D eigenvalue weighted by Gasteiger charge is 2.23. The Morgan fingerprint density at radius 1 is 1.12 bits per heavy atom. The van der Waals surface area contributed by atoms with E-state index in [0.717, 1.165) is 23.9 Å². The Morgan fingerprint density at radius 2 is 1.97 bits per heavy atom. The van der Waals surface area contributed by atoms with E-state index in [9.17, 15) is 13.2 Å². The molecule has 10 heteroatoms. The van der Waals surface area contributed by atoms with Gasteiger partial charge in [-0.05, 0) is 30.9 Å². The normalized spacial score (nSPS) is 11.8. The van der Waals surface area contributed by atoms with Crippen molar-refractivity contribution in [2.75, 3.05) is 6.54 Å². The van der Waals surface area contributed by atoms with Gasteiger partial charge in [-0.15, -0.1) is 0 Å². The number of amides is 1. The molecule has 0 radical (unpaired) electrons. The van der Waals surface area contributed by atoms with E-state index in [1.807, 2.05) is 29.0 Å². The smallest absolute Gasteiger partial charge is 0.287 e. The summed E-state index contributed by atoms with van der Waals surface area (Å²) < 4.78 is 31.1. The summed E-state index contributed by atoms with van der Waals surface area (Å²) in [7, 11) is -2.07. The second kappa shape index (κ2) is 9.39. The van der Waals surface area contributed by atoms with Gasteiger partial charge in [0, 0.05) is 56.7 Å². The third kappa shape index (κ3) is 4.75.